The maximum absolute atomic E-state index is 11.4. The van der Waals surface area contributed by atoms with Crippen LogP contribution in [0.4, 0.5) is 0 Å². The molecule has 1 aromatic carbocycles. The quantitative estimate of drug-likeness (QED) is 0.525. The number of carbonyl (C=O) groups is 1. The summed E-state index contributed by atoms with van der Waals surface area (Å²) >= 11 is 0. The number of nitrogens with zero attached hydrogens (tertiary/aromatic N) is 1. The summed E-state index contributed by atoms with van der Waals surface area (Å²) in [5, 5.41) is 7.23. The van der Waals surface area contributed by atoms with Gasteiger partial charge in [0.15, 0.2) is 0 Å². The molecule has 0 amide bonds. The maximum atomic E-state index is 11.4. The molecule has 0 unspecified atom stereocenters. The molecular weight excluding hydrogens is 220 g/mol. The predicted octanol–water partition coefficient (Wildman–Crippen LogP) is 0.448. The first kappa shape index (κ1) is 10.9. The summed E-state index contributed by atoms with van der Waals surface area (Å²) in [6.45, 7) is 0. The average Bonchev–Trinajstić information content (AvgIpc) is 2.36. The van der Waals surface area contributed by atoms with Crippen LogP contribution in [0.5, 0.6) is 0 Å². The third-order valence-corrected chi connectivity index (χ3v) is 2.16. The summed E-state index contributed by atoms with van der Waals surface area (Å²) in [7, 11) is 1.26. The molecule has 0 aliphatic carbocycles. The van der Waals surface area contributed by atoms with Gasteiger partial charge in [0.1, 0.15) is 0 Å². The molecule has 0 saturated heterocycles. The number of benzene rings is 1. The second kappa shape index (κ2) is 4.49. The number of aromatic amines is 1. The van der Waals surface area contributed by atoms with Crippen LogP contribution in [-0.2, 0) is 9.53 Å². The second-order valence-corrected chi connectivity index (χ2v) is 3.24. The molecule has 0 aliphatic rings. The highest BCUT2D eigenvalue weighted by atomic mass is 16.5. The van der Waals surface area contributed by atoms with Crippen molar-refractivity contribution >= 4 is 16.7 Å². The highest BCUT2D eigenvalue weighted by molar-refractivity contribution is 5.89. The van der Waals surface area contributed by atoms with Gasteiger partial charge in [0, 0.05) is 16.9 Å². The first-order valence-corrected chi connectivity index (χ1v) is 4.78. The van der Waals surface area contributed by atoms with Crippen molar-refractivity contribution < 1.29 is 9.53 Å². The van der Waals surface area contributed by atoms with Crippen molar-refractivity contribution in [2.75, 3.05) is 7.11 Å². The number of aromatic nitrogens is 2. The van der Waals surface area contributed by atoms with E-state index in [0.717, 1.165) is 0 Å². The summed E-state index contributed by atoms with van der Waals surface area (Å²) in [6, 6.07) is 4.98. The standard InChI is InChI=1S/C12H8N2O3/c1-17-11(15)5-3-8-2-4-10-9(6-8)7-13-14-12(10)16/h2,4,6-7H,1H3,(H,14,16). The first-order valence-electron chi connectivity index (χ1n) is 4.78. The zero-order valence-electron chi connectivity index (χ0n) is 8.98. The van der Waals surface area contributed by atoms with Crippen LogP contribution in [0, 0.1) is 11.8 Å². The molecule has 2 rings (SSSR count). The Kier molecular flexibility index (Phi) is 2.88. The van der Waals surface area contributed by atoms with Crippen molar-refractivity contribution in [1.82, 2.24) is 10.2 Å². The zero-order chi connectivity index (χ0) is 12.3. The largest absolute Gasteiger partial charge is 0.459 e. The van der Waals surface area contributed by atoms with Gasteiger partial charge in [-0.25, -0.2) is 9.89 Å². The summed E-state index contributed by atoms with van der Waals surface area (Å²) in [4.78, 5) is 22.2. The fourth-order valence-corrected chi connectivity index (χ4v) is 1.35. The van der Waals surface area contributed by atoms with Gasteiger partial charge in [0.05, 0.1) is 18.7 Å². The van der Waals surface area contributed by atoms with Gasteiger partial charge < -0.3 is 4.74 Å². The number of esters is 1. The number of nitrogens with one attached hydrogen (secondary N) is 1. The number of ether oxygens (including phenoxy) is 1. The van der Waals surface area contributed by atoms with Gasteiger partial charge >= 0.3 is 5.97 Å². The number of methoxy groups -OCH3 is 1. The molecule has 0 saturated carbocycles. The van der Waals surface area contributed by atoms with E-state index in [0.29, 0.717) is 16.3 Å². The Morgan fingerprint density at radius 2 is 2.29 bits per heavy atom. The topological polar surface area (TPSA) is 72.1 Å². The minimum Gasteiger partial charge on any atom is -0.459 e. The van der Waals surface area contributed by atoms with Crippen LogP contribution in [-0.4, -0.2) is 23.3 Å². The summed E-state index contributed by atoms with van der Waals surface area (Å²) < 4.78 is 4.40. The van der Waals surface area contributed by atoms with Gasteiger partial charge in [-0.05, 0) is 18.2 Å². The molecular formula is C12H8N2O3. The Hall–Kier alpha value is -2.61. The second-order valence-electron chi connectivity index (χ2n) is 3.24. The molecule has 0 spiro atoms. The Morgan fingerprint density at radius 3 is 3.06 bits per heavy atom. The van der Waals surface area contributed by atoms with Crippen molar-refractivity contribution in [2.45, 2.75) is 0 Å². The molecule has 5 nitrogen and oxygen atoms in total. The van der Waals surface area contributed by atoms with Crippen LogP contribution in [0.15, 0.2) is 29.2 Å². The zero-order valence-corrected chi connectivity index (χ0v) is 8.98. The Labute approximate surface area is 96.4 Å². The molecule has 0 radical (unpaired) electrons. The Bertz CT molecular complexity index is 692. The van der Waals surface area contributed by atoms with Gasteiger partial charge in [0.2, 0.25) is 0 Å². The number of rotatable bonds is 0. The fourth-order valence-electron chi connectivity index (χ4n) is 1.35. The van der Waals surface area contributed by atoms with E-state index in [2.05, 4.69) is 26.8 Å². The smallest absolute Gasteiger partial charge is 0.384 e. The monoisotopic (exact) mass is 228 g/mol. The molecule has 17 heavy (non-hydrogen) atoms. The van der Waals surface area contributed by atoms with E-state index in [1.54, 1.807) is 18.2 Å². The van der Waals surface area contributed by atoms with Crippen LogP contribution < -0.4 is 5.56 Å². The molecule has 0 aliphatic heterocycles. The fraction of sp³-hybridized carbons (Fsp3) is 0.0833. The molecule has 5 heteroatoms. The van der Waals surface area contributed by atoms with E-state index in [4.69, 9.17) is 0 Å². The van der Waals surface area contributed by atoms with Crippen molar-refractivity contribution in [1.29, 1.82) is 0 Å². The van der Waals surface area contributed by atoms with Gasteiger partial charge in [0.25, 0.3) is 5.56 Å². The minimum absolute atomic E-state index is 0.255. The van der Waals surface area contributed by atoms with Crippen molar-refractivity contribution in [2.24, 2.45) is 0 Å². The normalized spacial score (nSPS) is 9.47. The van der Waals surface area contributed by atoms with E-state index in [1.165, 1.54) is 13.3 Å². The van der Waals surface area contributed by atoms with Crippen molar-refractivity contribution in [3.63, 3.8) is 0 Å². The summed E-state index contributed by atoms with van der Waals surface area (Å²) in [5.74, 6) is 4.35. The summed E-state index contributed by atoms with van der Waals surface area (Å²) in [5.41, 5.74) is 0.366. The molecule has 1 heterocycles. The maximum Gasteiger partial charge on any atom is 0.384 e. The third-order valence-electron chi connectivity index (χ3n) is 2.16. The lowest BCUT2D eigenvalue weighted by Gasteiger charge is -1.95. The number of hydrogen-bond acceptors (Lipinski definition) is 4. The van der Waals surface area contributed by atoms with Gasteiger partial charge in [-0.1, -0.05) is 5.92 Å². The van der Waals surface area contributed by atoms with Crippen LogP contribution >= 0.6 is 0 Å². The number of H-pyrrole nitrogens is 1. The summed E-state index contributed by atoms with van der Waals surface area (Å²) in [6.07, 6.45) is 1.53. The van der Waals surface area contributed by atoms with Crippen LogP contribution in [0.3, 0.4) is 0 Å². The van der Waals surface area contributed by atoms with Gasteiger partial charge in [-0.15, -0.1) is 0 Å². The van der Waals surface area contributed by atoms with E-state index < -0.39 is 5.97 Å². The molecule has 0 atom stereocenters. The minimum atomic E-state index is -0.603. The third kappa shape index (κ3) is 2.32. The lowest BCUT2D eigenvalue weighted by molar-refractivity contribution is -0.133. The number of fused-ring (bicyclic) bond motifs is 1. The van der Waals surface area contributed by atoms with E-state index >= 15 is 0 Å². The molecule has 0 bridgehead atoms. The van der Waals surface area contributed by atoms with Crippen LogP contribution in [0.2, 0.25) is 0 Å². The SMILES string of the molecule is COC(=O)C#Cc1ccc2c(=O)[nH]ncc2c1. The predicted molar refractivity (Wildman–Crippen MR) is 61.3 cm³/mol. The average molecular weight is 228 g/mol. The van der Waals surface area contributed by atoms with Gasteiger partial charge in [-0.3, -0.25) is 4.79 Å². The molecule has 84 valence electrons. The van der Waals surface area contributed by atoms with E-state index in [-0.39, 0.29) is 5.56 Å². The van der Waals surface area contributed by atoms with Crippen molar-refractivity contribution in [3.8, 4) is 11.8 Å². The first-order chi connectivity index (χ1) is 8.20. The lowest BCUT2D eigenvalue weighted by Crippen LogP contribution is -2.07. The van der Waals surface area contributed by atoms with Crippen LogP contribution in [0.25, 0.3) is 10.8 Å². The molecule has 1 aromatic heterocycles. The highest BCUT2D eigenvalue weighted by Gasteiger charge is 1.99. The lowest BCUT2D eigenvalue weighted by atomic mass is 10.1. The molecule has 0 fully saturated rings. The Balaban J connectivity index is 2.48. The van der Waals surface area contributed by atoms with Crippen LogP contribution in [0.1, 0.15) is 5.56 Å². The number of carbonyl (C=O) groups excluding carboxylic acids is 1. The van der Waals surface area contributed by atoms with E-state index in [1.807, 2.05) is 0 Å². The van der Waals surface area contributed by atoms with E-state index in [9.17, 15) is 9.59 Å². The van der Waals surface area contributed by atoms with Gasteiger partial charge in [-0.2, -0.15) is 5.10 Å². The highest BCUT2D eigenvalue weighted by Crippen LogP contribution is 2.09. The molecule has 2 aromatic rings. The molecule has 1 N–H and O–H groups in total. The Morgan fingerprint density at radius 1 is 1.47 bits per heavy atom. The number of hydrogen-bond donors (Lipinski definition) is 1. The van der Waals surface area contributed by atoms with Crippen molar-refractivity contribution in [3.05, 3.63) is 40.3 Å².